The fraction of sp³-hybridized carbons (Fsp3) is 0.423. The largest absolute Gasteiger partial charge is 0.489 e. The highest BCUT2D eigenvalue weighted by Gasteiger charge is 2.36. The van der Waals surface area contributed by atoms with Crippen LogP contribution in [0.4, 0.5) is 20.6 Å². The van der Waals surface area contributed by atoms with Crippen LogP contribution < -0.4 is 20.3 Å². The Morgan fingerprint density at radius 1 is 1.20 bits per heavy atom. The maximum atomic E-state index is 13.9. The molecule has 2 heterocycles. The summed E-state index contributed by atoms with van der Waals surface area (Å²) in [6.45, 7) is 6.93. The number of halogens is 1. The van der Waals surface area contributed by atoms with Crippen LogP contribution in [0.1, 0.15) is 32.3 Å². The van der Waals surface area contributed by atoms with Gasteiger partial charge in [-0.1, -0.05) is 26.0 Å². The average molecular weight is 483 g/mol. The van der Waals surface area contributed by atoms with E-state index in [1.807, 2.05) is 19.1 Å². The molecule has 0 aliphatic carbocycles. The van der Waals surface area contributed by atoms with Crippen LogP contribution in [0.25, 0.3) is 0 Å². The highest BCUT2D eigenvalue weighted by atomic mass is 19.1. The summed E-state index contributed by atoms with van der Waals surface area (Å²) in [6.07, 6.45) is 1.92. The maximum Gasteiger partial charge on any atom is 0.320 e. The number of ether oxygens (including phenoxy) is 1. The first kappa shape index (κ1) is 24.5. The Labute approximate surface area is 204 Å². The normalized spacial score (nSPS) is 19.3. The predicted molar refractivity (Wildman–Crippen MR) is 131 cm³/mol. The van der Waals surface area contributed by atoms with Crippen LogP contribution in [0.5, 0.6) is 5.75 Å². The Hall–Kier alpha value is -3.62. The van der Waals surface area contributed by atoms with Crippen LogP contribution in [-0.4, -0.2) is 55.0 Å². The molecular weight excluding hydrogens is 451 g/mol. The van der Waals surface area contributed by atoms with Gasteiger partial charge in [-0.2, -0.15) is 0 Å². The van der Waals surface area contributed by atoms with Gasteiger partial charge in [-0.15, -0.1) is 0 Å². The lowest BCUT2D eigenvalue weighted by molar-refractivity contribution is -0.134. The molecule has 0 bridgehead atoms. The Balaban J connectivity index is 1.53. The summed E-state index contributed by atoms with van der Waals surface area (Å²) in [5.41, 5.74) is 1.84. The Morgan fingerprint density at radius 2 is 2.00 bits per heavy atom. The van der Waals surface area contributed by atoms with Crippen molar-refractivity contribution in [2.24, 2.45) is 5.41 Å². The van der Waals surface area contributed by atoms with Gasteiger partial charge in [0.05, 0.1) is 5.69 Å². The van der Waals surface area contributed by atoms with Gasteiger partial charge in [0, 0.05) is 24.8 Å². The average Bonchev–Trinajstić information content (AvgIpc) is 2.90. The van der Waals surface area contributed by atoms with Crippen LogP contribution in [-0.2, 0) is 9.59 Å². The lowest BCUT2D eigenvalue weighted by Crippen LogP contribution is -2.54. The third-order valence-electron chi connectivity index (χ3n) is 6.31. The molecule has 1 saturated heterocycles. The zero-order chi connectivity index (χ0) is 25.2. The number of hydrogen-bond acceptors (Lipinski definition) is 4. The highest BCUT2D eigenvalue weighted by molar-refractivity contribution is 6.05. The summed E-state index contributed by atoms with van der Waals surface area (Å²) >= 11 is 0. The van der Waals surface area contributed by atoms with E-state index < -0.39 is 23.8 Å². The number of anilines is 2. The third kappa shape index (κ3) is 5.90. The van der Waals surface area contributed by atoms with Gasteiger partial charge in [0.15, 0.2) is 0 Å². The van der Waals surface area contributed by atoms with Gasteiger partial charge in [-0.25, -0.2) is 9.18 Å². The van der Waals surface area contributed by atoms with Crippen LogP contribution in [0.2, 0.25) is 0 Å². The molecule has 1 atom stereocenters. The van der Waals surface area contributed by atoms with E-state index in [-0.39, 0.29) is 30.2 Å². The summed E-state index contributed by atoms with van der Waals surface area (Å²) in [5, 5.41) is 5.34. The van der Waals surface area contributed by atoms with Crippen molar-refractivity contribution in [3.8, 4) is 5.75 Å². The number of carbonyl (C=O) groups excluding carboxylic acids is 3. The van der Waals surface area contributed by atoms with Crippen LogP contribution in [0.3, 0.4) is 0 Å². The van der Waals surface area contributed by atoms with Crippen molar-refractivity contribution in [2.75, 3.05) is 36.5 Å². The van der Waals surface area contributed by atoms with Crippen molar-refractivity contribution in [1.29, 1.82) is 0 Å². The van der Waals surface area contributed by atoms with Gasteiger partial charge in [-0.3, -0.25) is 14.5 Å². The summed E-state index contributed by atoms with van der Waals surface area (Å²) in [4.78, 5) is 42.4. The van der Waals surface area contributed by atoms with Crippen LogP contribution >= 0.6 is 0 Å². The lowest BCUT2D eigenvalue weighted by atomic mass is 9.84. The number of hydrogen-bond donors (Lipinski definition) is 2. The molecule has 2 aliphatic heterocycles. The summed E-state index contributed by atoms with van der Waals surface area (Å²) in [6, 6.07) is 9.42. The predicted octanol–water partition coefficient (Wildman–Crippen LogP) is 3.70. The highest BCUT2D eigenvalue weighted by Crippen LogP contribution is 2.33. The number of urea groups is 1. The van der Waals surface area contributed by atoms with Gasteiger partial charge in [0.1, 0.15) is 30.8 Å². The van der Waals surface area contributed by atoms with Crippen molar-refractivity contribution >= 4 is 29.2 Å². The SMILES string of the molecule is Cc1cccc(NC(=O)N[C@@H]2COc3cc(F)ccc3N(CC(=O)N3CCCC(C)(C)C3)C2=O)c1. The second-order valence-corrected chi connectivity index (χ2v) is 9.95. The molecule has 35 heavy (non-hydrogen) atoms. The van der Waals surface area contributed by atoms with Crippen molar-refractivity contribution < 1.29 is 23.5 Å². The summed E-state index contributed by atoms with van der Waals surface area (Å²) in [5.74, 6) is -1.08. The number of amides is 4. The van der Waals surface area contributed by atoms with E-state index in [0.29, 0.717) is 24.5 Å². The van der Waals surface area contributed by atoms with E-state index in [2.05, 4.69) is 24.5 Å². The quantitative estimate of drug-likeness (QED) is 0.695. The third-order valence-corrected chi connectivity index (χ3v) is 6.31. The number of piperidine rings is 1. The molecule has 0 saturated carbocycles. The van der Waals surface area contributed by atoms with Gasteiger partial charge in [0.25, 0.3) is 5.91 Å². The van der Waals surface area contributed by atoms with E-state index >= 15 is 0 Å². The molecule has 9 heteroatoms. The number of carbonyl (C=O) groups is 3. The van der Waals surface area contributed by atoms with Crippen LogP contribution in [0.15, 0.2) is 42.5 Å². The van der Waals surface area contributed by atoms with Crippen molar-refractivity contribution in [3.63, 3.8) is 0 Å². The zero-order valence-electron chi connectivity index (χ0n) is 20.3. The van der Waals surface area contributed by atoms with Gasteiger partial charge >= 0.3 is 6.03 Å². The first-order valence-corrected chi connectivity index (χ1v) is 11.8. The molecule has 0 unspecified atom stereocenters. The van der Waals surface area contributed by atoms with Crippen molar-refractivity contribution in [3.05, 3.63) is 53.8 Å². The van der Waals surface area contributed by atoms with E-state index in [0.717, 1.165) is 18.4 Å². The molecule has 2 aliphatic rings. The smallest absolute Gasteiger partial charge is 0.320 e. The molecule has 2 N–H and O–H groups in total. The fourth-order valence-electron chi connectivity index (χ4n) is 4.56. The minimum absolute atomic E-state index is 0.00117. The molecule has 4 rings (SSSR count). The Bertz CT molecular complexity index is 1140. The first-order chi connectivity index (χ1) is 16.6. The van der Waals surface area contributed by atoms with Gasteiger partial charge in [0.2, 0.25) is 5.91 Å². The van der Waals surface area contributed by atoms with Crippen molar-refractivity contribution in [1.82, 2.24) is 10.2 Å². The topological polar surface area (TPSA) is 91.0 Å². The molecule has 4 amide bonds. The minimum Gasteiger partial charge on any atom is -0.489 e. The molecule has 0 aromatic heterocycles. The minimum atomic E-state index is -1.07. The molecule has 1 fully saturated rings. The molecule has 8 nitrogen and oxygen atoms in total. The number of benzene rings is 2. The molecule has 0 spiro atoms. The Kier molecular flexibility index (Phi) is 6.95. The molecule has 186 valence electrons. The number of nitrogens with one attached hydrogen (secondary N) is 2. The monoisotopic (exact) mass is 482 g/mol. The summed E-state index contributed by atoms with van der Waals surface area (Å²) in [7, 11) is 0. The number of fused-ring (bicyclic) bond motifs is 1. The van der Waals surface area contributed by atoms with Crippen molar-refractivity contribution in [2.45, 2.75) is 39.7 Å². The maximum absolute atomic E-state index is 13.9. The standard InChI is InChI=1S/C26H31FN4O4/c1-17-6-4-7-19(12-17)28-25(34)29-20-15-35-22-13-18(27)8-9-21(22)31(24(20)33)14-23(32)30-11-5-10-26(2,3)16-30/h4,6-9,12-13,20H,5,10-11,14-16H2,1-3H3,(H2,28,29,34)/t20-/m1/s1. The lowest BCUT2D eigenvalue weighted by Gasteiger charge is -2.39. The van der Waals surface area contributed by atoms with Gasteiger partial charge < -0.3 is 20.3 Å². The van der Waals surface area contributed by atoms with Gasteiger partial charge in [-0.05, 0) is 55.0 Å². The number of nitrogens with zero attached hydrogens (tertiary/aromatic N) is 2. The van der Waals surface area contributed by atoms with E-state index in [4.69, 9.17) is 4.74 Å². The number of rotatable bonds is 4. The first-order valence-electron chi connectivity index (χ1n) is 11.8. The molecular formula is C26H31FN4O4. The zero-order valence-corrected chi connectivity index (χ0v) is 20.3. The number of likely N-dealkylation sites (tertiary alicyclic amines) is 1. The molecule has 2 aromatic carbocycles. The van der Waals surface area contributed by atoms with E-state index in [1.165, 1.54) is 23.1 Å². The van der Waals surface area contributed by atoms with E-state index in [9.17, 15) is 18.8 Å². The molecule has 2 aromatic rings. The number of aryl methyl sites for hydroxylation is 1. The second-order valence-electron chi connectivity index (χ2n) is 9.95. The fourth-order valence-corrected chi connectivity index (χ4v) is 4.56. The second kappa shape index (κ2) is 9.93. The van der Waals surface area contributed by atoms with E-state index in [1.54, 1.807) is 17.0 Å². The molecule has 0 radical (unpaired) electrons. The summed E-state index contributed by atoms with van der Waals surface area (Å²) < 4.78 is 19.6. The van der Waals surface area contributed by atoms with Crippen LogP contribution in [0, 0.1) is 18.2 Å². The Morgan fingerprint density at radius 3 is 2.74 bits per heavy atom.